The summed E-state index contributed by atoms with van der Waals surface area (Å²) in [6.45, 7) is 16.5. The first kappa shape index (κ1) is 17.0. The van der Waals surface area contributed by atoms with Crippen molar-refractivity contribution in [2.75, 3.05) is 18.0 Å². The number of rotatable bonds is 1. The van der Waals surface area contributed by atoms with Crippen LogP contribution in [-0.4, -0.2) is 24.3 Å². The maximum absolute atomic E-state index is 10.4. The zero-order valence-electron chi connectivity index (χ0n) is 14.2. The number of piperidine rings is 1. The van der Waals surface area contributed by atoms with E-state index in [9.17, 15) is 5.11 Å². The standard InChI is InChI=1S/C16H25NO.C2H6/c1-12-6-8-13(9-7-12)17-10-15(2,3)14(18)16(4,5)11-17;1-2/h6-9,14,18H,10-11H2,1-5H3;1-2H3. The highest BCUT2D eigenvalue weighted by molar-refractivity contribution is 5.48. The highest BCUT2D eigenvalue weighted by Gasteiger charge is 2.45. The zero-order chi connectivity index (χ0) is 15.6. The van der Waals surface area contributed by atoms with Crippen molar-refractivity contribution >= 4 is 5.69 Å². The van der Waals surface area contributed by atoms with Gasteiger partial charge < -0.3 is 10.0 Å². The molecule has 0 spiro atoms. The number of aliphatic hydroxyl groups excluding tert-OH is 1. The number of anilines is 1. The molecule has 114 valence electrons. The monoisotopic (exact) mass is 277 g/mol. The highest BCUT2D eigenvalue weighted by atomic mass is 16.3. The fourth-order valence-electron chi connectivity index (χ4n) is 3.21. The lowest BCUT2D eigenvalue weighted by molar-refractivity contribution is -0.0531. The summed E-state index contributed by atoms with van der Waals surface area (Å²) in [6, 6.07) is 8.67. The molecule has 2 heteroatoms. The maximum Gasteiger partial charge on any atom is 0.0675 e. The van der Waals surface area contributed by atoms with Crippen LogP contribution in [0.2, 0.25) is 0 Å². The molecule has 0 saturated carbocycles. The molecule has 2 nitrogen and oxygen atoms in total. The summed E-state index contributed by atoms with van der Waals surface area (Å²) < 4.78 is 0. The molecule has 1 saturated heterocycles. The van der Waals surface area contributed by atoms with Gasteiger partial charge in [0.15, 0.2) is 0 Å². The molecule has 2 rings (SSSR count). The average molecular weight is 277 g/mol. The Morgan fingerprint density at radius 1 is 0.950 bits per heavy atom. The SMILES string of the molecule is CC.Cc1ccc(N2CC(C)(C)C(O)C(C)(C)C2)cc1. The first-order valence-corrected chi connectivity index (χ1v) is 7.72. The first-order valence-electron chi connectivity index (χ1n) is 7.72. The first-order chi connectivity index (χ1) is 9.22. The van der Waals surface area contributed by atoms with Crippen LogP contribution in [0, 0.1) is 17.8 Å². The normalized spacial score (nSPS) is 21.1. The molecule has 1 heterocycles. The van der Waals surface area contributed by atoms with Crippen molar-refractivity contribution in [1.82, 2.24) is 0 Å². The molecular formula is C18H31NO. The van der Waals surface area contributed by atoms with E-state index in [2.05, 4.69) is 63.8 Å². The fraction of sp³-hybridized carbons (Fsp3) is 0.667. The molecule has 1 aromatic carbocycles. The molecule has 1 N–H and O–H groups in total. The summed E-state index contributed by atoms with van der Waals surface area (Å²) in [5, 5.41) is 10.4. The Morgan fingerprint density at radius 2 is 1.35 bits per heavy atom. The molecular weight excluding hydrogens is 246 g/mol. The van der Waals surface area contributed by atoms with Gasteiger partial charge in [-0.25, -0.2) is 0 Å². The van der Waals surface area contributed by atoms with Crippen LogP contribution in [-0.2, 0) is 0 Å². The summed E-state index contributed by atoms with van der Waals surface area (Å²) in [5.74, 6) is 0. The molecule has 0 amide bonds. The van der Waals surface area contributed by atoms with E-state index in [-0.39, 0.29) is 16.9 Å². The molecule has 1 aromatic rings. The number of hydrogen-bond acceptors (Lipinski definition) is 2. The summed E-state index contributed by atoms with van der Waals surface area (Å²) in [6.07, 6.45) is -0.258. The molecule has 0 unspecified atom stereocenters. The van der Waals surface area contributed by atoms with E-state index >= 15 is 0 Å². The van der Waals surface area contributed by atoms with Crippen LogP contribution in [0.5, 0.6) is 0 Å². The second-order valence-corrected chi connectivity index (χ2v) is 7.07. The van der Waals surface area contributed by atoms with Gasteiger partial charge in [-0.15, -0.1) is 0 Å². The van der Waals surface area contributed by atoms with Crippen LogP contribution < -0.4 is 4.90 Å². The van der Waals surface area contributed by atoms with Gasteiger partial charge in [-0.05, 0) is 19.1 Å². The molecule has 1 aliphatic rings. The molecule has 0 bridgehead atoms. The van der Waals surface area contributed by atoms with Gasteiger partial charge in [0, 0.05) is 29.6 Å². The number of aliphatic hydroxyl groups is 1. The third-order valence-corrected chi connectivity index (χ3v) is 4.08. The zero-order valence-corrected chi connectivity index (χ0v) is 14.2. The van der Waals surface area contributed by atoms with Gasteiger partial charge >= 0.3 is 0 Å². The van der Waals surface area contributed by atoms with E-state index in [1.165, 1.54) is 11.3 Å². The lowest BCUT2D eigenvalue weighted by Crippen LogP contribution is -2.58. The van der Waals surface area contributed by atoms with Gasteiger partial charge in [0.1, 0.15) is 0 Å². The lowest BCUT2D eigenvalue weighted by atomic mass is 9.68. The van der Waals surface area contributed by atoms with E-state index in [1.54, 1.807) is 0 Å². The number of benzene rings is 1. The van der Waals surface area contributed by atoms with Crippen LogP contribution in [0.4, 0.5) is 5.69 Å². The van der Waals surface area contributed by atoms with Crippen molar-refractivity contribution in [2.24, 2.45) is 10.8 Å². The van der Waals surface area contributed by atoms with Crippen LogP contribution in [0.15, 0.2) is 24.3 Å². The summed E-state index contributed by atoms with van der Waals surface area (Å²) in [5.41, 5.74) is 2.39. The number of aryl methyl sites for hydroxylation is 1. The van der Waals surface area contributed by atoms with Gasteiger partial charge in [0.25, 0.3) is 0 Å². The number of nitrogens with zero attached hydrogens (tertiary/aromatic N) is 1. The Morgan fingerprint density at radius 3 is 1.75 bits per heavy atom. The Bertz CT molecular complexity index is 402. The predicted octanol–water partition coefficient (Wildman–Crippen LogP) is 4.25. The van der Waals surface area contributed by atoms with Crippen LogP contribution in [0.25, 0.3) is 0 Å². The highest BCUT2D eigenvalue weighted by Crippen LogP contribution is 2.41. The van der Waals surface area contributed by atoms with Crippen molar-refractivity contribution < 1.29 is 5.11 Å². The molecule has 0 aliphatic carbocycles. The van der Waals surface area contributed by atoms with Gasteiger partial charge in [0.2, 0.25) is 0 Å². The topological polar surface area (TPSA) is 23.5 Å². The van der Waals surface area contributed by atoms with Crippen molar-refractivity contribution in [1.29, 1.82) is 0 Å². The predicted molar refractivity (Wildman–Crippen MR) is 88.3 cm³/mol. The third-order valence-electron chi connectivity index (χ3n) is 4.08. The molecule has 0 radical (unpaired) electrons. The molecule has 20 heavy (non-hydrogen) atoms. The van der Waals surface area contributed by atoms with E-state index in [4.69, 9.17) is 0 Å². The molecule has 1 aliphatic heterocycles. The Kier molecular flexibility index (Phi) is 5.26. The van der Waals surface area contributed by atoms with Crippen molar-refractivity contribution in [3.63, 3.8) is 0 Å². The minimum atomic E-state index is -0.258. The second kappa shape index (κ2) is 6.17. The molecule has 1 fully saturated rings. The summed E-state index contributed by atoms with van der Waals surface area (Å²) in [4.78, 5) is 2.40. The quantitative estimate of drug-likeness (QED) is 0.829. The van der Waals surface area contributed by atoms with Crippen molar-refractivity contribution in [3.05, 3.63) is 29.8 Å². The molecule has 0 aromatic heterocycles. The minimum absolute atomic E-state index is 0.0767. The van der Waals surface area contributed by atoms with Crippen LogP contribution in [0.3, 0.4) is 0 Å². The minimum Gasteiger partial charge on any atom is -0.392 e. The van der Waals surface area contributed by atoms with Crippen LogP contribution >= 0.6 is 0 Å². The van der Waals surface area contributed by atoms with Crippen molar-refractivity contribution in [2.45, 2.75) is 54.6 Å². The summed E-state index contributed by atoms with van der Waals surface area (Å²) >= 11 is 0. The Balaban J connectivity index is 0.000000956. The van der Waals surface area contributed by atoms with E-state index in [1.807, 2.05) is 13.8 Å². The largest absolute Gasteiger partial charge is 0.392 e. The smallest absolute Gasteiger partial charge is 0.0675 e. The van der Waals surface area contributed by atoms with Gasteiger partial charge in [-0.3, -0.25) is 0 Å². The number of hydrogen-bond donors (Lipinski definition) is 1. The van der Waals surface area contributed by atoms with E-state index in [0.717, 1.165) is 13.1 Å². The summed E-state index contributed by atoms with van der Waals surface area (Å²) in [7, 11) is 0. The lowest BCUT2D eigenvalue weighted by Gasteiger charge is -2.51. The van der Waals surface area contributed by atoms with Gasteiger partial charge in [-0.2, -0.15) is 0 Å². The maximum atomic E-state index is 10.4. The van der Waals surface area contributed by atoms with Crippen LogP contribution in [0.1, 0.15) is 47.1 Å². The van der Waals surface area contributed by atoms with E-state index in [0.29, 0.717) is 0 Å². The third kappa shape index (κ3) is 3.54. The van der Waals surface area contributed by atoms with Gasteiger partial charge in [-0.1, -0.05) is 59.2 Å². The van der Waals surface area contributed by atoms with E-state index < -0.39 is 0 Å². The fourth-order valence-corrected chi connectivity index (χ4v) is 3.21. The van der Waals surface area contributed by atoms with Crippen molar-refractivity contribution in [3.8, 4) is 0 Å². The molecule has 0 atom stereocenters. The second-order valence-electron chi connectivity index (χ2n) is 7.07. The average Bonchev–Trinajstić information content (AvgIpc) is 2.38. The Hall–Kier alpha value is -1.02. The Labute approximate surface area is 124 Å². The van der Waals surface area contributed by atoms with Gasteiger partial charge in [0.05, 0.1) is 6.10 Å².